The van der Waals surface area contributed by atoms with Gasteiger partial charge in [0.25, 0.3) is 0 Å². The van der Waals surface area contributed by atoms with Crippen molar-refractivity contribution in [3.63, 3.8) is 0 Å². The second-order valence-electron chi connectivity index (χ2n) is 3.51. The number of rotatable bonds is 4. The zero-order valence-electron chi connectivity index (χ0n) is 8.70. The minimum absolute atomic E-state index is 0.0982. The topological polar surface area (TPSA) is 52.5 Å². The molecule has 0 saturated heterocycles. The predicted octanol–water partition coefficient (Wildman–Crippen LogP) is 1.60. The van der Waals surface area contributed by atoms with E-state index in [2.05, 4.69) is 11.2 Å². The summed E-state index contributed by atoms with van der Waals surface area (Å²) in [5.41, 5.74) is 0.911. The van der Waals surface area contributed by atoms with Crippen LogP contribution in [0.3, 0.4) is 0 Å². The second kappa shape index (κ2) is 5.28. The van der Waals surface area contributed by atoms with Crippen LogP contribution in [0.25, 0.3) is 0 Å². The molecule has 0 bridgehead atoms. The Balaban J connectivity index is 2.51. The molecule has 0 aliphatic heterocycles. The fourth-order valence-electron chi connectivity index (χ4n) is 1.22. The molecule has 15 heavy (non-hydrogen) atoms. The molecule has 0 aromatic heterocycles. The molecule has 1 atom stereocenters. The van der Waals surface area contributed by atoms with Crippen molar-refractivity contribution < 1.29 is 10.2 Å². The molecule has 0 amide bonds. The van der Waals surface area contributed by atoms with Gasteiger partial charge >= 0.3 is 0 Å². The summed E-state index contributed by atoms with van der Waals surface area (Å²) in [7, 11) is 0. The molecule has 1 aromatic carbocycles. The molecule has 0 spiro atoms. The normalized spacial score (nSPS) is 12.0. The van der Waals surface area contributed by atoms with E-state index in [9.17, 15) is 5.11 Å². The molecule has 1 aromatic rings. The first-order valence-corrected chi connectivity index (χ1v) is 4.81. The van der Waals surface area contributed by atoms with Gasteiger partial charge in [-0.05, 0) is 24.6 Å². The first-order valence-electron chi connectivity index (χ1n) is 4.81. The van der Waals surface area contributed by atoms with E-state index in [-0.39, 0.29) is 17.5 Å². The van der Waals surface area contributed by atoms with Gasteiger partial charge in [-0.25, -0.2) is 0 Å². The second-order valence-corrected chi connectivity index (χ2v) is 3.51. The van der Waals surface area contributed by atoms with Crippen molar-refractivity contribution in [2.45, 2.75) is 25.9 Å². The lowest BCUT2D eigenvalue weighted by molar-refractivity contribution is 0.402. The Kier molecular flexibility index (Phi) is 4.02. The molecule has 0 fully saturated rings. The third-order valence-electron chi connectivity index (χ3n) is 2.12. The summed E-state index contributed by atoms with van der Waals surface area (Å²) < 4.78 is 0. The fraction of sp³-hybridized carbons (Fsp3) is 0.333. The van der Waals surface area contributed by atoms with Gasteiger partial charge in [-0.2, -0.15) is 0 Å². The highest BCUT2D eigenvalue weighted by atomic mass is 16.3. The highest BCUT2D eigenvalue weighted by Gasteiger charge is 2.02. The van der Waals surface area contributed by atoms with Crippen LogP contribution in [0, 0.1) is 12.3 Å². The van der Waals surface area contributed by atoms with Crippen LogP contribution in [0.15, 0.2) is 18.2 Å². The first kappa shape index (κ1) is 11.4. The zero-order chi connectivity index (χ0) is 11.3. The van der Waals surface area contributed by atoms with E-state index in [1.165, 1.54) is 12.1 Å². The van der Waals surface area contributed by atoms with E-state index >= 15 is 0 Å². The molecule has 0 radical (unpaired) electrons. The smallest absolute Gasteiger partial charge is 0.157 e. The van der Waals surface area contributed by atoms with Gasteiger partial charge in [-0.15, -0.1) is 12.3 Å². The number of aromatic hydroxyl groups is 2. The molecule has 80 valence electrons. The third-order valence-corrected chi connectivity index (χ3v) is 2.12. The SMILES string of the molecule is C#CCC(C)NCc1ccc(O)c(O)c1. The van der Waals surface area contributed by atoms with Gasteiger partial charge in [0.2, 0.25) is 0 Å². The summed E-state index contributed by atoms with van der Waals surface area (Å²) in [5.74, 6) is 2.37. The molecule has 0 aliphatic rings. The molecule has 1 unspecified atom stereocenters. The van der Waals surface area contributed by atoms with E-state index < -0.39 is 0 Å². The maximum atomic E-state index is 9.26. The van der Waals surface area contributed by atoms with E-state index in [0.29, 0.717) is 13.0 Å². The number of nitrogens with one attached hydrogen (secondary N) is 1. The molecule has 1 rings (SSSR count). The molecule has 3 heteroatoms. The maximum absolute atomic E-state index is 9.26. The molecular formula is C12H15NO2. The predicted molar refractivity (Wildman–Crippen MR) is 59.5 cm³/mol. The van der Waals surface area contributed by atoms with Crippen LogP contribution in [0.4, 0.5) is 0 Å². The zero-order valence-corrected chi connectivity index (χ0v) is 8.70. The summed E-state index contributed by atoms with van der Waals surface area (Å²) >= 11 is 0. The third kappa shape index (κ3) is 3.53. The van der Waals surface area contributed by atoms with Crippen molar-refractivity contribution in [2.75, 3.05) is 0 Å². The van der Waals surface area contributed by atoms with Crippen LogP contribution in [-0.4, -0.2) is 16.3 Å². The Morgan fingerprint density at radius 1 is 1.40 bits per heavy atom. The van der Waals surface area contributed by atoms with Gasteiger partial charge in [0.15, 0.2) is 11.5 Å². The van der Waals surface area contributed by atoms with Crippen LogP contribution in [0.2, 0.25) is 0 Å². The summed E-state index contributed by atoms with van der Waals surface area (Å²) in [5, 5.41) is 21.6. The molecule has 3 nitrogen and oxygen atoms in total. The van der Waals surface area contributed by atoms with E-state index in [4.69, 9.17) is 11.5 Å². The number of hydrogen-bond donors (Lipinski definition) is 3. The van der Waals surface area contributed by atoms with Crippen molar-refractivity contribution in [3.05, 3.63) is 23.8 Å². The van der Waals surface area contributed by atoms with Crippen LogP contribution in [0.5, 0.6) is 11.5 Å². The van der Waals surface area contributed by atoms with Crippen LogP contribution in [0.1, 0.15) is 18.9 Å². The molecular weight excluding hydrogens is 190 g/mol. The standard InChI is InChI=1S/C12H15NO2/c1-3-4-9(2)13-8-10-5-6-11(14)12(15)7-10/h1,5-7,9,13-15H,4,8H2,2H3. The van der Waals surface area contributed by atoms with Crippen molar-refractivity contribution in [3.8, 4) is 23.8 Å². The number of phenols is 2. The monoisotopic (exact) mass is 205 g/mol. The highest BCUT2D eigenvalue weighted by Crippen LogP contribution is 2.24. The fourth-order valence-corrected chi connectivity index (χ4v) is 1.22. The van der Waals surface area contributed by atoms with Crippen LogP contribution in [-0.2, 0) is 6.54 Å². The Morgan fingerprint density at radius 2 is 2.13 bits per heavy atom. The minimum Gasteiger partial charge on any atom is -0.504 e. The Labute approximate surface area is 89.8 Å². The summed E-state index contributed by atoms with van der Waals surface area (Å²) in [6.45, 7) is 2.62. The van der Waals surface area contributed by atoms with Crippen LogP contribution < -0.4 is 5.32 Å². The Hall–Kier alpha value is -1.66. The van der Waals surface area contributed by atoms with E-state index in [1.54, 1.807) is 6.07 Å². The summed E-state index contributed by atoms with van der Waals surface area (Å²) in [4.78, 5) is 0. The van der Waals surface area contributed by atoms with Gasteiger partial charge in [0, 0.05) is 19.0 Å². The van der Waals surface area contributed by atoms with Gasteiger partial charge in [-0.1, -0.05) is 6.07 Å². The highest BCUT2D eigenvalue weighted by molar-refractivity contribution is 5.40. The average molecular weight is 205 g/mol. The first-order chi connectivity index (χ1) is 7.13. The lowest BCUT2D eigenvalue weighted by atomic mass is 10.2. The summed E-state index contributed by atoms with van der Waals surface area (Å²) in [6, 6.07) is 5.00. The van der Waals surface area contributed by atoms with Crippen molar-refractivity contribution in [1.29, 1.82) is 0 Å². The number of benzene rings is 1. The maximum Gasteiger partial charge on any atom is 0.157 e. The number of terminal acetylenes is 1. The quantitative estimate of drug-likeness (QED) is 0.517. The number of phenolic OH excluding ortho intramolecular Hbond substituents is 2. The molecule has 0 heterocycles. The van der Waals surface area contributed by atoms with Crippen LogP contribution >= 0.6 is 0 Å². The minimum atomic E-state index is -0.101. The Bertz CT molecular complexity index is 368. The molecule has 0 aliphatic carbocycles. The van der Waals surface area contributed by atoms with Gasteiger partial charge < -0.3 is 15.5 Å². The average Bonchev–Trinajstić information content (AvgIpc) is 2.20. The van der Waals surface area contributed by atoms with Crippen molar-refractivity contribution >= 4 is 0 Å². The lowest BCUT2D eigenvalue weighted by Gasteiger charge is -2.11. The molecule has 3 N–H and O–H groups in total. The lowest BCUT2D eigenvalue weighted by Crippen LogP contribution is -2.24. The molecule has 0 saturated carbocycles. The van der Waals surface area contributed by atoms with Gasteiger partial charge in [0.1, 0.15) is 0 Å². The number of hydrogen-bond acceptors (Lipinski definition) is 3. The van der Waals surface area contributed by atoms with E-state index in [1.807, 2.05) is 6.92 Å². The van der Waals surface area contributed by atoms with Crippen molar-refractivity contribution in [1.82, 2.24) is 5.32 Å². The van der Waals surface area contributed by atoms with Crippen molar-refractivity contribution in [2.24, 2.45) is 0 Å². The Morgan fingerprint density at radius 3 is 2.73 bits per heavy atom. The largest absolute Gasteiger partial charge is 0.504 e. The van der Waals surface area contributed by atoms with Gasteiger partial charge in [0.05, 0.1) is 0 Å². The summed E-state index contributed by atoms with van der Waals surface area (Å²) in [6.07, 6.45) is 5.85. The van der Waals surface area contributed by atoms with Gasteiger partial charge in [-0.3, -0.25) is 0 Å². The van der Waals surface area contributed by atoms with E-state index in [0.717, 1.165) is 5.56 Å².